The van der Waals surface area contributed by atoms with Gasteiger partial charge in [-0.1, -0.05) is 25.5 Å². The number of hydrogen-bond donors (Lipinski definition) is 2. The molecular weight excluding hydrogens is 244 g/mol. The molecule has 0 unspecified atom stereocenters. The van der Waals surface area contributed by atoms with Gasteiger partial charge >= 0.3 is 5.97 Å². The Balaban J connectivity index is 2.74. The molecule has 0 aromatic heterocycles. The van der Waals surface area contributed by atoms with Gasteiger partial charge in [-0.05, 0) is 30.7 Å². The molecule has 0 bridgehead atoms. The summed E-state index contributed by atoms with van der Waals surface area (Å²) in [5.74, 6) is -1.32. The smallest absolute Gasteiger partial charge is 0.335 e. The average molecular weight is 264 g/mol. The Morgan fingerprint density at radius 1 is 1.37 bits per heavy atom. The molecule has 1 amide bonds. The largest absolute Gasteiger partial charge is 0.478 e. The molecule has 0 aliphatic heterocycles. The second-order valence-electron chi connectivity index (χ2n) is 4.54. The Kier molecular flexibility index (Phi) is 6.02. The van der Waals surface area contributed by atoms with Crippen LogP contribution in [0.1, 0.15) is 35.7 Å². The van der Waals surface area contributed by atoms with Gasteiger partial charge < -0.3 is 10.8 Å². The highest BCUT2D eigenvalue weighted by Gasteiger charge is 2.10. The van der Waals surface area contributed by atoms with E-state index in [-0.39, 0.29) is 18.0 Å². The van der Waals surface area contributed by atoms with Gasteiger partial charge in [0.05, 0.1) is 12.1 Å². The number of hydrogen-bond acceptors (Lipinski definition) is 3. The van der Waals surface area contributed by atoms with Crippen molar-refractivity contribution in [1.29, 1.82) is 0 Å². The Bertz CT molecular complexity index is 446. The Morgan fingerprint density at radius 3 is 2.68 bits per heavy atom. The first-order valence-corrected chi connectivity index (χ1v) is 6.35. The lowest BCUT2D eigenvalue weighted by molar-refractivity contribution is -0.119. The summed E-state index contributed by atoms with van der Waals surface area (Å²) in [6.45, 7) is 3.57. The summed E-state index contributed by atoms with van der Waals surface area (Å²) in [5, 5.41) is 8.94. The molecule has 0 aliphatic rings. The fourth-order valence-corrected chi connectivity index (χ4v) is 1.88. The summed E-state index contributed by atoms with van der Waals surface area (Å²) in [4.78, 5) is 23.9. The minimum Gasteiger partial charge on any atom is -0.478 e. The van der Waals surface area contributed by atoms with E-state index in [0.717, 1.165) is 24.9 Å². The SMILES string of the molecule is CCCCN(CC(N)=O)Cc1cccc(C(=O)O)c1. The van der Waals surface area contributed by atoms with Crippen LogP contribution in [-0.4, -0.2) is 35.0 Å². The van der Waals surface area contributed by atoms with Gasteiger partial charge in [-0.15, -0.1) is 0 Å². The lowest BCUT2D eigenvalue weighted by atomic mass is 10.1. The molecule has 104 valence electrons. The highest BCUT2D eigenvalue weighted by molar-refractivity contribution is 5.87. The summed E-state index contributed by atoms with van der Waals surface area (Å²) in [6.07, 6.45) is 2.01. The van der Waals surface area contributed by atoms with Gasteiger partial charge in [0, 0.05) is 6.54 Å². The van der Waals surface area contributed by atoms with Crippen LogP contribution in [0.2, 0.25) is 0 Å². The van der Waals surface area contributed by atoms with Crippen LogP contribution in [0.25, 0.3) is 0 Å². The van der Waals surface area contributed by atoms with Crippen molar-refractivity contribution < 1.29 is 14.7 Å². The first kappa shape index (κ1) is 15.2. The topological polar surface area (TPSA) is 83.6 Å². The predicted octanol–water partition coefficient (Wildman–Crippen LogP) is 1.47. The number of nitrogens with zero attached hydrogens (tertiary/aromatic N) is 1. The maximum absolute atomic E-state index is 11.0. The fourth-order valence-electron chi connectivity index (χ4n) is 1.88. The highest BCUT2D eigenvalue weighted by atomic mass is 16.4. The molecular formula is C14H20N2O3. The lowest BCUT2D eigenvalue weighted by Gasteiger charge is -2.20. The number of nitrogens with two attached hydrogens (primary N) is 1. The van der Waals surface area contributed by atoms with Gasteiger partial charge in [-0.3, -0.25) is 9.69 Å². The quantitative estimate of drug-likeness (QED) is 0.744. The van der Waals surface area contributed by atoms with Crippen molar-refractivity contribution in [2.75, 3.05) is 13.1 Å². The maximum atomic E-state index is 11.0. The van der Waals surface area contributed by atoms with Crippen molar-refractivity contribution in [2.24, 2.45) is 5.73 Å². The van der Waals surface area contributed by atoms with Crippen LogP contribution in [0.3, 0.4) is 0 Å². The van der Waals surface area contributed by atoms with Crippen molar-refractivity contribution in [1.82, 2.24) is 4.90 Å². The van der Waals surface area contributed by atoms with E-state index in [1.54, 1.807) is 18.2 Å². The van der Waals surface area contributed by atoms with Gasteiger partial charge in [0.2, 0.25) is 5.91 Å². The first-order valence-electron chi connectivity index (χ1n) is 6.35. The zero-order chi connectivity index (χ0) is 14.3. The molecule has 0 aliphatic carbocycles. The van der Waals surface area contributed by atoms with Crippen LogP contribution in [0.15, 0.2) is 24.3 Å². The van der Waals surface area contributed by atoms with Gasteiger partial charge in [0.1, 0.15) is 0 Å². The van der Waals surface area contributed by atoms with Crippen LogP contribution in [0, 0.1) is 0 Å². The number of unbranched alkanes of at least 4 members (excludes halogenated alkanes) is 1. The molecule has 1 aromatic rings. The van der Waals surface area contributed by atoms with Crippen LogP contribution in [-0.2, 0) is 11.3 Å². The van der Waals surface area contributed by atoms with E-state index in [1.165, 1.54) is 0 Å². The van der Waals surface area contributed by atoms with E-state index < -0.39 is 5.97 Å². The highest BCUT2D eigenvalue weighted by Crippen LogP contribution is 2.09. The van der Waals surface area contributed by atoms with Crippen molar-refractivity contribution in [2.45, 2.75) is 26.3 Å². The molecule has 19 heavy (non-hydrogen) atoms. The minimum absolute atomic E-state index is 0.192. The number of benzene rings is 1. The maximum Gasteiger partial charge on any atom is 0.335 e. The number of rotatable bonds is 8. The molecule has 0 radical (unpaired) electrons. The molecule has 0 atom stereocenters. The molecule has 0 saturated carbocycles. The normalized spacial score (nSPS) is 10.6. The second-order valence-corrected chi connectivity index (χ2v) is 4.54. The molecule has 5 nitrogen and oxygen atoms in total. The third-order valence-corrected chi connectivity index (χ3v) is 2.79. The third-order valence-electron chi connectivity index (χ3n) is 2.79. The Labute approximate surface area is 113 Å². The number of carbonyl (C=O) groups is 2. The van der Waals surface area contributed by atoms with Crippen molar-refractivity contribution in [3.05, 3.63) is 35.4 Å². The van der Waals surface area contributed by atoms with Gasteiger partial charge in [-0.25, -0.2) is 4.79 Å². The third kappa shape index (κ3) is 5.52. The van der Waals surface area contributed by atoms with Crippen LogP contribution in [0.4, 0.5) is 0 Å². The summed E-state index contributed by atoms with van der Waals surface area (Å²) in [7, 11) is 0. The number of carboxylic acids is 1. The number of carbonyl (C=O) groups excluding carboxylic acids is 1. The van der Waals surface area contributed by atoms with Crippen molar-refractivity contribution >= 4 is 11.9 Å². The number of amides is 1. The Hall–Kier alpha value is -1.88. The molecule has 3 N–H and O–H groups in total. The summed E-state index contributed by atoms with van der Waals surface area (Å²) in [5.41, 5.74) is 6.35. The summed E-state index contributed by atoms with van der Waals surface area (Å²) < 4.78 is 0. The van der Waals surface area contributed by atoms with E-state index in [0.29, 0.717) is 6.54 Å². The summed E-state index contributed by atoms with van der Waals surface area (Å²) >= 11 is 0. The van der Waals surface area contributed by atoms with Gasteiger partial charge in [0.15, 0.2) is 0 Å². The predicted molar refractivity (Wildman–Crippen MR) is 72.8 cm³/mol. The fraction of sp³-hybridized carbons (Fsp3) is 0.429. The van der Waals surface area contributed by atoms with Crippen molar-refractivity contribution in [3.8, 4) is 0 Å². The Morgan fingerprint density at radius 2 is 2.11 bits per heavy atom. The average Bonchev–Trinajstić information content (AvgIpc) is 2.35. The second kappa shape index (κ2) is 7.53. The van der Waals surface area contributed by atoms with E-state index in [4.69, 9.17) is 10.8 Å². The standard InChI is InChI=1S/C14H20N2O3/c1-2-3-7-16(10-13(15)17)9-11-5-4-6-12(8-11)14(18)19/h4-6,8H,2-3,7,9-10H2,1H3,(H2,15,17)(H,18,19). The zero-order valence-corrected chi connectivity index (χ0v) is 11.1. The molecule has 1 aromatic carbocycles. The molecule has 1 rings (SSSR count). The zero-order valence-electron chi connectivity index (χ0n) is 11.1. The van der Waals surface area contributed by atoms with E-state index in [1.807, 2.05) is 11.0 Å². The molecule has 5 heteroatoms. The monoisotopic (exact) mass is 264 g/mol. The minimum atomic E-state index is -0.947. The van der Waals surface area contributed by atoms with Crippen molar-refractivity contribution in [3.63, 3.8) is 0 Å². The molecule has 0 spiro atoms. The molecule has 0 saturated heterocycles. The number of primary amides is 1. The van der Waals surface area contributed by atoms with Crippen LogP contribution >= 0.6 is 0 Å². The van der Waals surface area contributed by atoms with E-state index >= 15 is 0 Å². The summed E-state index contributed by atoms with van der Waals surface area (Å²) in [6, 6.07) is 6.74. The van der Waals surface area contributed by atoms with E-state index in [9.17, 15) is 9.59 Å². The first-order chi connectivity index (χ1) is 9.02. The lowest BCUT2D eigenvalue weighted by Crippen LogP contribution is -2.34. The van der Waals surface area contributed by atoms with Crippen LogP contribution < -0.4 is 5.73 Å². The molecule has 0 fully saturated rings. The molecule has 0 heterocycles. The van der Waals surface area contributed by atoms with Crippen LogP contribution in [0.5, 0.6) is 0 Å². The van der Waals surface area contributed by atoms with E-state index in [2.05, 4.69) is 6.92 Å². The number of aromatic carboxylic acids is 1. The van der Waals surface area contributed by atoms with Gasteiger partial charge in [-0.2, -0.15) is 0 Å². The number of carboxylic acid groups (broad SMARTS) is 1. The van der Waals surface area contributed by atoms with Gasteiger partial charge in [0.25, 0.3) is 0 Å².